The molecule has 0 fully saturated rings. The molecule has 0 atom stereocenters. The molecular formula is C14H12N2O3. The van der Waals surface area contributed by atoms with Crippen LogP contribution in [-0.2, 0) is 6.42 Å². The molecule has 0 amide bonds. The van der Waals surface area contributed by atoms with Gasteiger partial charge in [-0.2, -0.15) is 0 Å². The Morgan fingerprint density at radius 2 is 1.95 bits per heavy atom. The first-order valence-corrected chi connectivity index (χ1v) is 5.75. The van der Waals surface area contributed by atoms with Crippen LogP contribution in [0.25, 0.3) is 0 Å². The summed E-state index contributed by atoms with van der Waals surface area (Å²) >= 11 is 0. The van der Waals surface area contributed by atoms with Gasteiger partial charge in [0.2, 0.25) is 0 Å². The van der Waals surface area contributed by atoms with E-state index in [0.29, 0.717) is 11.1 Å². The molecule has 5 heteroatoms. The quantitative estimate of drug-likeness (QED) is 0.479. The summed E-state index contributed by atoms with van der Waals surface area (Å²) in [6.45, 7) is 1.63. The Balaban J connectivity index is 2.21. The topological polar surface area (TPSA) is 73.1 Å². The predicted octanol–water partition coefficient (Wildman–Crippen LogP) is 2.72. The number of carbonyl (C=O) groups excluding carboxylic acids is 1. The zero-order valence-electron chi connectivity index (χ0n) is 10.4. The second-order valence-electron chi connectivity index (χ2n) is 4.21. The molecule has 0 bridgehead atoms. The Morgan fingerprint density at radius 3 is 2.53 bits per heavy atom. The van der Waals surface area contributed by atoms with Crippen molar-refractivity contribution in [2.45, 2.75) is 13.3 Å². The van der Waals surface area contributed by atoms with Crippen molar-refractivity contribution in [3.8, 4) is 0 Å². The van der Waals surface area contributed by atoms with Crippen LogP contribution in [-0.4, -0.2) is 15.7 Å². The van der Waals surface area contributed by atoms with Crippen LogP contribution in [0, 0.1) is 17.0 Å². The maximum Gasteiger partial charge on any atom is 0.272 e. The number of carbonyl (C=O) groups is 1. The van der Waals surface area contributed by atoms with Gasteiger partial charge in [0, 0.05) is 36.0 Å². The van der Waals surface area contributed by atoms with Crippen molar-refractivity contribution in [2.24, 2.45) is 0 Å². The standard InChI is InChI=1S/C14H12N2O3/c1-10-8-12(2-3-13(10)16(18)19)14(17)9-11-4-6-15-7-5-11/h2-8H,9H2,1H3. The summed E-state index contributed by atoms with van der Waals surface area (Å²) in [4.78, 5) is 26.2. The Morgan fingerprint density at radius 1 is 1.26 bits per heavy atom. The van der Waals surface area contributed by atoms with E-state index in [-0.39, 0.29) is 17.9 Å². The lowest BCUT2D eigenvalue weighted by molar-refractivity contribution is -0.385. The molecule has 19 heavy (non-hydrogen) atoms. The molecule has 0 aliphatic heterocycles. The number of aromatic nitrogens is 1. The number of ketones is 1. The average Bonchev–Trinajstić information content (AvgIpc) is 2.39. The van der Waals surface area contributed by atoms with Gasteiger partial charge in [0.05, 0.1) is 4.92 Å². The van der Waals surface area contributed by atoms with Crippen LogP contribution in [0.2, 0.25) is 0 Å². The highest BCUT2D eigenvalue weighted by Crippen LogP contribution is 2.19. The fourth-order valence-corrected chi connectivity index (χ4v) is 1.82. The second-order valence-corrected chi connectivity index (χ2v) is 4.21. The van der Waals surface area contributed by atoms with Crippen molar-refractivity contribution in [2.75, 3.05) is 0 Å². The molecule has 0 N–H and O–H groups in total. The van der Waals surface area contributed by atoms with Crippen molar-refractivity contribution in [3.63, 3.8) is 0 Å². The molecule has 2 rings (SSSR count). The normalized spacial score (nSPS) is 10.2. The zero-order valence-corrected chi connectivity index (χ0v) is 10.4. The lowest BCUT2D eigenvalue weighted by atomic mass is 10.0. The second kappa shape index (κ2) is 5.39. The van der Waals surface area contributed by atoms with E-state index in [1.54, 1.807) is 37.5 Å². The largest absolute Gasteiger partial charge is 0.294 e. The molecule has 2 aromatic rings. The van der Waals surface area contributed by atoms with Gasteiger partial charge in [-0.05, 0) is 36.8 Å². The van der Waals surface area contributed by atoms with Crippen molar-refractivity contribution >= 4 is 11.5 Å². The van der Waals surface area contributed by atoms with Crippen molar-refractivity contribution < 1.29 is 9.72 Å². The smallest absolute Gasteiger partial charge is 0.272 e. The van der Waals surface area contributed by atoms with Crippen LogP contribution in [0.15, 0.2) is 42.7 Å². The minimum Gasteiger partial charge on any atom is -0.294 e. The number of hydrogen-bond donors (Lipinski definition) is 0. The molecule has 0 spiro atoms. The number of rotatable bonds is 4. The molecule has 0 aliphatic rings. The third kappa shape index (κ3) is 3.01. The molecule has 0 aliphatic carbocycles. The fourth-order valence-electron chi connectivity index (χ4n) is 1.82. The summed E-state index contributed by atoms with van der Waals surface area (Å²) in [5, 5.41) is 10.7. The number of nitro groups is 1. The number of aryl methyl sites for hydroxylation is 1. The summed E-state index contributed by atoms with van der Waals surface area (Å²) in [5.41, 5.74) is 1.88. The first kappa shape index (κ1) is 12.9. The zero-order chi connectivity index (χ0) is 13.8. The molecule has 0 radical (unpaired) electrons. The van der Waals surface area contributed by atoms with Gasteiger partial charge in [-0.1, -0.05) is 0 Å². The third-order valence-corrected chi connectivity index (χ3v) is 2.83. The average molecular weight is 256 g/mol. The lowest BCUT2D eigenvalue weighted by Crippen LogP contribution is -2.04. The van der Waals surface area contributed by atoms with E-state index in [9.17, 15) is 14.9 Å². The molecule has 1 aromatic carbocycles. The van der Waals surface area contributed by atoms with Gasteiger partial charge in [0.15, 0.2) is 5.78 Å². The molecule has 0 saturated carbocycles. The lowest BCUT2D eigenvalue weighted by Gasteiger charge is -2.03. The molecule has 5 nitrogen and oxygen atoms in total. The Hall–Kier alpha value is -2.56. The van der Waals surface area contributed by atoms with Gasteiger partial charge in [-0.3, -0.25) is 19.9 Å². The molecule has 1 heterocycles. The van der Waals surface area contributed by atoms with E-state index in [2.05, 4.69) is 4.98 Å². The van der Waals surface area contributed by atoms with Crippen LogP contribution < -0.4 is 0 Å². The summed E-state index contributed by atoms with van der Waals surface area (Å²) < 4.78 is 0. The van der Waals surface area contributed by atoms with E-state index >= 15 is 0 Å². The minimum atomic E-state index is -0.452. The van der Waals surface area contributed by atoms with Crippen LogP contribution in [0.5, 0.6) is 0 Å². The molecular weight excluding hydrogens is 244 g/mol. The van der Waals surface area contributed by atoms with Crippen molar-refractivity contribution in [3.05, 3.63) is 69.5 Å². The number of nitro benzene ring substituents is 1. The highest BCUT2D eigenvalue weighted by Gasteiger charge is 2.13. The number of pyridine rings is 1. The first-order chi connectivity index (χ1) is 9.08. The first-order valence-electron chi connectivity index (χ1n) is 5.75. The Kier molecular flexibility index (Phi) is 3.66. The Labute approximate surface area is 110 Å². The summed E-state index contributed by atoms with van der Waals surface area (Å²) in [6.07, 6.45) is 3.52. The molecule has 0 unspecified atom stereocenters. The molecule has 0 saturated heterocycles. The fraction of sp³-hybridized carbons (Fsp3) is 0.143. The number of benzene rings is 1. The van der Waals surface area contributed by atoms with E-state index in [4.69, 9.17) is 0 Å². The maximum absolute atomic E-state index is 12.1. The van der Waals surface area contributed by atoms with Crippen LogP contribution in [0.4, 0.5) is 5.69 Å². The molecule has 96 valence electrons. The number of nitrogens with zero attached hydrogens (tertiary/aromatic N) is 2. The van der Waals surface area contributed by atoms with Gasteiger partial charge >= 0.3 is 0 Å². The van der Waals surface area contributed by atoms with Crippen LogP contribution in [0.3, 0.4) is 0 Å². The highest BCUT2D eigenvalue weighted by atomic mass is 16.6. The van der Waals surface area contributed by atoms with E-state index in [1.807, 2.05) is 0 Å². The third-order valence-electron chi connectivity index (χ3n) is 2.83. The SMILES string of the molecule is Cc1cc(C(=O)Cc2ccncc2)ccc1[N+](=O)[O-]. The van der Waals surface area contributed by atoms with Crippen molar-refractivity contribution in [1.82, 2.24) is 4.98 Å². The number of Topliss-reactive ketones (excluding diaryl/α,β-unsaturated/α-hetero) is 1. The maximum atomic E-state index is 12.1. The van der Waals surface area contributed by atoms with E-state index < -0.39 is 4.92 Å². The Bertz CT molecular complexity index is 624. The van der Waals surface area contributed by atoms with Gasteiger partial charge in [0.25, 0.3) is 5.69 Å². The van der Waals surface area contributed by atoms with Gasteiger partial charge in [-0.25, -0.2) is 0 Å². The highest BCUT2D eigenvalue weighted by molar-refractivity contribution is 5.97. The van der Waals surface area contributed by atoms with Crippen molar-refractivity contribution in [1.29, 1.82) is 0 Å². The predicted molar refractivity (Wildman–Crippen MR) is 70.1 cm³/mol. The summed E-state index contributed by atoms with van der Waals surface area (Å²) in [6, 6.07) is 7.97. The van der Waals surface area contributed by atoms with Gasteiger partial charge in [-0.15, -0.1) is 0 Å². The van der Waals surface area contributed by atoms with Crippen LogP contribution >= 0.6 is 0 Å². The number of hydrogen-bond acceptors (Lipinski definition) is 4. The summed E-state index contributed by atoms with van der Waals surface area (Å²) in [7, 11) is 0. The van der Waals surface area contributed by atoms with Crippen LogP contribution in [0.1, 0.15) is 21.5 Å². The molecule has 1 aromatic heterocycles. The minimum absolute atomic E-state index is 0.0282. The summed E-state index contributed by atoms with van der Waals surface area (Å²) in [5.74, 6) is -0.0656. The monoisotopic (exact) mass is 256 g/mol. The van der Waals surface area contributed by atoms with Gasteiger partial charge < -0.3 is 0 Å². The van der Waals surface area contributed by atoms with E-state index in [0.717, 1.165) is 5.56 Å². The van der Waals surface area contributed by atoms with Gasteiger partial charge in [0.1, 0.15) is 0 Å². The van der Waals surface area contributed by atoms with E-state index in [1.165, 1.54) is 12.1 Å².